The lowest BCUT2D eigenvalue weighted by Gasteiger charge is -2.21. The molecule has 0 radical (unpaired) electrons. The predicted octanol–water partition coefficient (Wildman–Crippen LogP) is -0.210. The van der Waals surface area contributed by atoms with Crippen molar-refractivity contribution in [3.8, 4) is 0 Å². The summed E-state index contributed by atoms with van der Waals surface area (Å²) in [5.41, 5.74) is 0. The summed E-state index contributed by atoms with van der Waals surface area (Å²) in [5.74, 6) is -1.29. The van der Waals surface area contributed by atoms with Crippen LogP contribution in [0.25, 0.3) is 0 Å². The van der Waals surface area contributed by atoms with E-state index in [1.54, 1.807) is 6.92 Å². The van der Waals surface area contributed by atoms with E-state index >= 15 is 0 Å². The van der Waals surface area contributed by atoms with Crippen molar-refractivity contribution in [3.05, 3.63) is 25.3 Å². The van der Waals surface area contributed by atoms with Crippen LogP contribution < -0.4 is 0 Å². The second kappa shape index (κ2) is 26.6. The van der Waals surface area contributed by atoms with Crippen LogP contribution in [-0.4, -0.2) is 148 Å². The molecule has 0 aromatic carbocycles. The molecule has 0 spiro atoms. The summed E-state index contributed by atoms with van der Waals surface area (Å²) in [7, 11) is 0. The SMILES string of the molecule is C.C=CC(=O)OCC(O)COCC(O)COCC(C)OCC(C)OCC(C)OCC(O)COCC(O)COC(=O)C=C. The average molecular weight is 613 g/mol. The summed E-state index contributed by atoms with van der Waals surface area (Å²) in [5, 5.41) is 39.1. The van der Waals surface area contributed by atoms with Gasteiger partial charge in [-0.3, -0.25) is 0 Å². The summed E-state index contributed by atoms with van der Waals surface area (Å²) in [4.78, 5) is 21.9. The number of carbonyl (C=O) groups excluding carboxylic acids is 2. The third-order valence-corrected chi connectivity index (χ3v) is 4.88. The molecule has 0 aromatic rings. The molecule has 0 aliphatic heterocycles. The number of hydrogen-bond donors (Lipinski definition) is 4. The number of rotatable bonds is 27. The molecular formula is C28H52O14. The van der Waals surface area contributed by atoms with Crippen LogP contribution in [0.15, 0.2) is 25.3 Å². The standard InChI is InChI=1S/C27H48O14.CH4/c1-6-26(32)40-17-24(30)14-35-12-22(28)11-34-8-19(3)37-9-20(4)38-10-21(5)39-16-23(29)13-36-15-25(31)18-41-27(33)7-2;/h6-7,19-25,28-31H,1-2,8-18H2,3-5H3;1H4. The summed E-state index contributed by atoms with van der Waals surface area (Å²) >= 11 is 0. The van der Waals surface area contributed by atoms with Gasteiger partial charge in [0.15, 0.2) is 0 Å². The van der Waals surface area contributed by atoms with Crippen LogP contribution in [-0.2, 0) is 47.5 Å². The van der Waals surface area contributed by atoms with Gasteiger partial charge >= 0.3 is 11.9 Å². The number of aliphatic hydroxyl groups is 4. The van der Waals surface area contributed by atoms with Crippen LogP contribution in [0, 0.1) is 0 Å². The normalized spacial score (nSPS) is 16.2. The average Bonchev–Trinajstić information content (AvgIpc) is 2.95. The lowest BCUT2D eigenvalue weighted by Crippen LogP contribution is -2.31. The Labute approximate surface area is 249 Å². The van der Waals surface area contributed by atoms with Gasteiger partial charge in [-0.2, -0.15) is 0 Å². The van der Waals surface area contributed by atoms with Gasteiger partial charge in [-0.15, -0.1) is 0 Å². The zero-order chi connectivity index (χ0) is 31.0. The van der Waals surface area contributed by atoms with E-state index in [1.165, 1.54) is 0 Å². The Morgan fingerprint density at radius 3 is 1.19 bits per heavy atom. The van der Waals surface area contributed by atoms with E-state index in [4.69, 9.17) is 28.4 Å². The third kappa shape index (κ3) is 25.7. The van der Waals surface area contributed by atoms with Gasteiger partial charge in [0.2, 0.25) is 0 Å². The lowest BCUT2D eigenvalue weighted by molar-refractivity contribution is -0.143. The molecule has 0 amide bonds. The molecule has 0 aliphatic carbocycles. The van der Waals surface area contributed by atoms with Gasteiger partial charge in [0, 0.05) is 12.2 Å². The maximum absolute atomic E-state index is 10.9. The van der Waals surface area contributed by atoms with E-state index in [9.17, 15) is 30.0 Å². The van der Waals surface area contributed by atoms with Crippen LogP contribution in [0.2, 0.25) is 0 Å². The highest BCUT2D eigenvalue weighted by Crippen LogP contribution is 2.03. The minimum Gasteiger partial charge on any atom is -0.460 e. The molecule has 0 heterocycles. The first-order chi connectivity index (χ1) is 19.5. The smallest absolute Gasteiger partial charge is 0.330 e. The van der Waals surface area contributed by atoms with E-state index in [-0.39, 0.29) is 91.8 Å². The molecule has 0 aliphatic rings. The Bertz CT molecular complexity index is 706. The zero-order valence-corrected chi connectivity index (χ0v) is 24.3. The first-order valence-corrected chi connectivity index (χ1v) is 13.3. The maximum Gasteiger partial charge on any atom is 0.330 e. The van der Waals surface area contributed by atoms with Gasteiger partial charge in [0.1, 0.15) is 37.6 Å². The Kier molecular flexibility index (Phi) is 26.7. The largest absolute Gasteiger partial charge is 0.460 e. The summed E-state index contributed by atoms with van der Waals surface area (Å²) in [6.07, 6.45) is -2.65. The quantitative estimate of drug-likeness (QED) is 0.0704. The minimum absolute atomic E-state index is 0. The molecule has 0 bridgehead atoms. The molecule has 0 saturated carbocycles. The minimum atomic E-state index is -1.02. The van der Waals surface area contributed by atoms with Gasteiger partial charge in [-0.05, 0) is 20.8 Å². The Balaban J connectivity index is 0. The third-order valence-electron chi connectivity index (χ3n) is 4.88. The van der Waals surface area contributed by atoms with Gasteiger partial charge in [0.05, 0.1) is 77.8 Å². The number of hydrogen-bond acceptors (Lipinski definition) is 14. The molecular weight excluding hydrogens is 560 g/mol. The van der Waals surface area contributed by atoms with Crippen molar-refractivity contribution in [1.29, 1.82) is 0 Å². The fraction of sp³-hybridized carbons (Fsp3) is 0.786. The molecule has 0 rings (SSSR count). The van der Waals surface area contributed by atoms with E-state index in [1.807, 2.05) is 13.8 Å². The molecule has 0 aromatic heterocycles. The number of carbonyl (C=O) groups is 2. The molecule has 42 heavy (non-hydrogen) atoms. The topological polar surface area (TPSA) is 189 Å². The Morgan fingerprint density at radius 2 is 0.810 bits per heavy atom. The number of ether oxygens (including phenoxy) is 8. The first-order valence-electron chi connectivity index (χ1n) is 13.3. The van der Waals surface area contributed by atoms with Crippen LogP contribution in [0.1, 0.15) is 28.2 Å². The summed E-state index contributed by atoms with van der Waals surface area (Å²) in [6, 6.07) is 0. The van der Waals surface area contributed by atoms with Crippen molar-refractivity contribution in [3.63, 3.8) is 0 Å². The van der Waals surface area contributed by atoms with Crippen LogP contribution in [0.5, 0.6) is 0 Å². The predicted molar refractivity (Wildman–Crippen MR) is 152 cm³/mol. The van der Waals surface area contributed by atoms with Crippen LogP contribution >= 0.6 is 0 Å². The van der Waals surface area contributed by atoms with E-state index in [0.717, 1.165) is 12.2 Å². The van der Waals surface area contributed by atoms with Crippen molar-refractivity contribution in [2.75, 3.05) is 72.7 Å². The fourth-order valence-corrected chi connectivity index (χ4v) is 2.74. The van der Waals surface area contributed by atoms with E-state index in [2.05, 4.69) is 22.6 Å². The molecule has 248 valence electrons. The second-order valence-corrected chi connectivity index (χ2v) is 9.33. The van der Waals surface area contributed by atoms with Crippen molar-refractivity contribution >= 4 is 11.9 Å². The van der Waals surface area contributed by atoms with Crippen molar-refractivity contribution in [1.82, 2.24) is 0 Å². The lowest BCUT2D eigenvalue weighted by atomic mass is 10.3. The van der Waals surface area contributed by atoms with Crippen LogP contribution in [0.3, 0.4) is 0 Å². The van der Waals surface area contributed by atoms with Gasteiger partial charge in [-0.25, -0.2) is 9.59 Å². The van der Waals surface area contributed by atoms with Crippen molar-refractivity contribution in [2.24, 2.45) is 0 Å². The molecule has 7 atom stereocenters. The fourth-order valence-electron chi connectivity index (χ4n) is 2.74. The zero-order valence-electron chi connectivity index (χ0n) is 24.3. The molecule has 4 N–H and O–H groups in total. The van der Waals surface area contributed by atoms with Crippen molar-refractivity contribution < 1.29 is 67.9 Å². The van der Waals surface area contributed by atoms with Gasteiger partial charge < -0.3 is 58.3 Å². The second-order valence-electron chi connectivity index (χ2n) is 9.33. The highest BCUT2D eigenvalue weighted by Gasteiger charge is 2.15. The summed E-state index contributed by atoms with van der Waals surface area (Å²) in [6.45, 7) is 12.0. The van der Waals surface area contributed by atoms with E-state index in [0.29, 0.717) is 6.61 Å². The monoisotopic (exact) mass is 612 g/mol. The number of esters is 2. The molecule has 0 saturated heterocycles. The molecule has 14 heteroatoms. The first kappa shape index (κ1) is 42.2. The molecule has 0 fully saturated rings. The highest BCUT2D eigenvalue weighted by atomic mass is 16.6. The van der Waals surface area contributed by atoms with Gasteiger partial charge in [-0.1, -0.05) is 20.6 Å². The Hall–Kier alpha value is -1.98. The molecule has 7 unspecified atom stereocenters. The van der Waals surface area contributed by atoms with Crippen LogP contribution in [0.4, 0.5) is 0 Å². The molecule has 14 nitrogen and oxygen atoms in total. The van der Waals surface area contributed by atoms with E-state index < -0.39 is 36.4 Å². The maximum atomic E-state index is 10.9. The number of aliphatic hydroxyl groups excluding tert-OH is 4. The van der Waals surface area contributed by atoms with Gasteiger partial charge in [0.25, 0.3) is 0 Å². The van der Waals surface area contributed by atoms with Crippen molar-refractivity contribution in [2.45, 2.75) is 70.9 Å². The Morgan fingerprint density at radius 1 is 0.524 bits per heavy atom. The highest BCUT2D eigenvalue weighted by molar-refractivity contribution is 5.81. The summed E-state index contributed by atoms with van der Waals surface area (Å²) < 4.78 is 42.1.